The lowest BCUT2D eigenvalue weighted by molar-refractivity contribution is 0.407. The van der Waals surface area contributed by atoms with Crippen LogP contribution in [0.5, 0.6) is 0 Å². The summed E-state index contributed by atoms with van der Waals surface area (Å²) in [6.45, 7) is 10.3. The summed E-state index contributed by atoms with van der Waals surface area (Å²) < 4.78 is 0. The van der Waals surface area contributed by atoms with Gasteiger partial charge in [-0.05, 0) is 56.7 Å². The molecular formula is C18H30N2. The van der Waals surface area contributed by atoms with Gasteiger partial charge in [-0.3, -0.25) is 0 Å². The fourth-order valence-electron chi connectivity index (χ4n) is 3.15. The van der Waals surface area contributed by atoms with Crippen LogP contribution >= 0.6 is 0 Å². The van der Waals surface area contributed by atoms with Gasteiger partial charge in [-0.2, -0.15) is 0 Å². The standard InChI is InChI=1S/C18H30N2/c1-13(2)16-7-9-17(10-8-16)15(4)20-14(3)12-18-6-5-11-19-18/h7-10,13-15,18-20H,5-6,11-12H2,1-4H3. The van der Waals surface area contributed by atoms with Crippen LogP contribution in [-0.4, -0.2) is 18.6 Å². The molecule has 0 bridgehead atoms. The van der Waals surface area contributed by atoms with Crippen LogP contribution in [0.3, 0.4) is 0 Å². The summed E-state index contributed by atoms with van der Waals surface area (Å²) in [7, 11) is 0. The Morgan fingerprint density at radius 3 is 2.30 bits per heavy atom. The largest absolute Gasteiger partial charge is 0.314 e. The fraction of sp³-hybridized carbons (Fsp3) is 0.667. The molecule has 20 heavy (non-hydrogen) atoms. The predicted molar refractivity (Wildman–Crippen MR) is 87.2 cm³/mol. The van der Waals surface area contributed by atoms with Crippen LogP contribution in [0.25, 0.3) is 0 Å². The van der Waals surface area contributed by atoms with E-state index in [-0.39, 0.29) is 0 Å². The molecule has 0 aromatic heterocycles. The van der Waals surface area contributed by atoms with Crippen molar-refractivity contribution in [2.75, 3.05) is 6.54 Å². The molecule has 0 spiro atoms. The summed E-state index contributed by atoms with van der Waals surface area (Å²) >= 11 is 0. The molecule has 0 aliphatic carbocycles. The zero-order chi connectivity index (χ0) is 14.5. The van der Waals surface area contributed by atoms with Crippen molar-refractivity contribution in [1.82, 2.24) is 10.6 Å². The Morgan fingerprint density at radius 1 is 1.10 bits per heavy atom. The van der Waals surface area contributed by atoms with E-state index in [0.29, 0.717) is 24.0 Å². The summed E-state index contributed by atoms with van der Waals surface area (Å²) in [5.74, 6) is 0.611. The van der Waals surface area contributed by atoms with Gasteiger partial charge in [-0.15, -0.1) is 0 Å². The first kappa shape index (κ1) is 15.5. The van der Waals surface area contributed by atoms with E-state index in [1.807, 2.05) is 0 Å². The van der Waals surface area contributed by atoms with E-state index in [2.05, 4.69) is 62.6 Å². The van der Waals surface area contributed by atoms with Crippen molar-refractivity contribution in [3.8, 4) is 0 Å². The summed E-state index contributed by atoms with van der Waals surface area (Å²) in [6.07, 6.45) is 3.90. The quantitative estimate of drug-likeness (QED) is 0.819. The summed E-state index contributed by atoms with van der Waals surface area (Å²) in [6, 6.07) is 10.8. The molecule has 2 rings (SSSR count). The van der Waals surface area contributed by atoms with Crippen molar-refractivity contribution >= 4 is 0 Å². The summed E-state index contributed by atoms with van der Waals surface area (Å²) in [5, 5.41) is 7.31. The van der Waals surface area contributed by atoms with Crippen molar-refractivity contribution in [1.29, 1.82) is 0 Å². The third-order valence-electron chi connectivity index (χ3n) is 4.44. The second-order valence-electron chi connectivity index (χ2n) is 6.64. The molecule has 2 nitrogen and oxygen atoms in total. The first-order chi connectivity index (χ1) is 9.56. The van der Waals surface area contributed by atoms with Crippen LogP contribution in [0.4, 0.5) is 0 Å². The van der Waals surface area contributed by atoms with Crippen LogP contribution in [-0.2, 0) is 0 Å². The van der Waals surface area contributed by atoms with E-state index in [1.165, 1.54) is 36.9 Å². The smallest absolute Gasteiger partial charge is 0.0294 e. The molecule has 1 saturated heterocycles. The molecule has 1 aliphatic rings. The maximum Gasteiger partial charge on any atom is 0.0294 e. The molecule has 0 saturated carbocycles. The molecule has 0 radical (unpaired) electrons. The molecular weight excluding hydrogens is 244 g/mol. The molecule has 1 aliphatic heterocycles. The number of hydrogen-bond acceptors (Lipinski definition) is 2. The molecule has 1 fully saturated rings. The minimum atomic E-state index is 0.424. The third-order valence-corrected chi connectivity index (χ3v) is 4.44. The van der Waals surface area contributed by atoms with Crippen LogP contribution in [0, 0.1) is 0 Å². The lowest BCUT2D eigenvalue weighted by Gasteiger charge is -2.23. The molecule has 2 heteroatoms. The first-order valence-electron chi connectivity index (χ1n) is 8.15. The van der Waals surface area contributed by atoms with Gasteiger partial charge in [0.2, 0.25) is 0 Å². The number of hydrogen-bond donors (Lipinski definition) is 2. The second-order valence-corrected chi connectivity index (χ2v) is 6.64. The molecule has 112 valence electrons. The van der Waals surface area contributed by atoms with Crippen molar-refractivity contribution in [2.45, 2.75) is 71.0 Å². The van der Waals surface area contributed by atoms with Crippen LogP contribution in [0.2, 0.25) is 0 Å². The van der Waals surface area contributed by atoms with Crippen LogP contribution in [0.15, 0.2) is 24.3 Å². The zero-order valence-electron chi connectivity index (χ0n) is 13.4. The fourth-order valence-corrected chi connectivity index (χ4v) is 3.15. The highest BCUT2D eigenvalue weighted by molar-refractivity contribution is 5.26. The monoisotopic (exact) mass is 274 g/mol. The zero-order valence-corrected chi connectivity index (χ0v) is 13.4. The Morgan fingerprint density at radius 2 is 1.75 bits per heavy atom. The van der Waals surface area contributed by atoms with E-state index >= 15 is 0 Å². The van der Waals surface area contributed by atoms with E-state index in [0.717, 1.165) is 0 Å². The predicted octanol–water partition coefficient (Wildman–Crippen LogP) is 3.99. The highest BCUT2D eigenvalue weighted by Crippen LogP contribution is 2.20. The topological polar surface area (TPSA) is 24.1 Å². The highest BCUT2D eigenvalue weighted by atomic mass is 15.0. The Hall–Kier alpha value is -0.860. The molecule has 2 N–H and O–H groups in total. The lowest BCUT2D eigenvalue weighted by atomic mass is 9.99. The van der Waals surface area contributed by atoms with Crippen molar-refractivity contribution < 1.29 is 0 Å². The minimum Gasteiger partial charge on any atom is -0.314 e. The van der Waals surface area contributed by atoms with E-state index in [1.54, 1.807) is 0 Å². The van der Waals surface area contributed by atoms with Gasteiger partial charge in [0, 0.05) is 18.1 Å². The minimum absolute atomic E-state index is 0.424. The highest BCUT2D eigenvalue weighted by Gasteiger charge is 2.18. The average molecular weight is 274 g/mol. The average Bonchev–Trinajstić information content (AvgIpc) is 2.91. The van der Waals surface area contributed by atoms with Gasteiger partial charge in [0.1, 0.15) is 0 Å². The summed E-state index contributed by atoms with van der Waals surface area (Å²) in [4.78, 5) is 0. The van der Waals surface area contributed by atoms with Crippen LogP contribution < -0.4 is 10.6 Å². The Labute approximate surface area is 124 Å². The summed E-state index contributed by atoms with van der Waals surface area (Å²) in [5.41, 5.74) is 2.81. The molecule has 3 atom stereocenters. The van der Waals surface area contributed by atoms with Gasteiger partial charge in [0.05, 0.1) is 0 Å². The molecule has 1 aromatic carbocycles. The Balaban J connectivity index is 1.85. The van der Waals surface area contributed by atoms with Gasteiger partial charge >= 0.3 is 0 Å². The van der Waals surface area contributed by atoms with Gasteiger partial charge in [-0.25, -0.2) is 0 Å². The van der Waals surface area contributed by atoms with E-state index in [9.17, 15) is 0 Å². The maximum atomic E-state index is 3.73. The third kappa shape index (κ3) is 4.32. The number of nitrogens with one attached hydrogen (secondary N) is 2. The van der Waals surface area contributed by atoms with Gasteiger partial charge in [-0.1, -0.05) is 38.1 Å². The molecule has 0 amide bonds. The van der Waals surface area contributed by atoms with Gasteiger partial charge in [0.15, 0.2) is 0 Å². The van der Waals surface area contributed by atoms with E-state index in [4.69, 9.17) is 0 Å². The first-order valence-corrected chi connectivity index (χ1v) is 8.15. The van der Waals surface area contributed by atoms with Crippen LogP contribution in [0.1, 0.15) is 70.0 Å². The molecule has 1 heterocycles. The van der Waals surface area contributed by atoms with E-state index < -0.39 is 0 Å². The number of rotatable bonds is 6. The van der Waals surface area contributed by atoms with Crippen molar-refractivity contribution in [2.24, 2.45) is 0 Å². The van der Waals surface area contributed by atoms with Crippen molar-refractivity contribution in [3.63, 3.8) is 0 Å². The Kier molecular flexibility index (Phi) is 5.62. The van der Waals surface area contributed by atoms with Crippen molar-refractivity contribution in [3.05, 3.63) is 35.4 Å². The SMILES string of the molecule is CC(CC1CCCN1)NC(C)c1ccc(C(C)C)cc1. The molecule has 3 unspecified atom stereocenters. The second kappa shape index (κ2) is 7.24. The Bertz CT molecular complexity index is 390. The van der Waals surface area contributed by atoms with Gasteiger partial charge < -0.3 is 10.6 Å². The normalized spacial score (nSPS) is 22.1. The molecule has 1 aromatic rings. The van der Waals surface area contributed by atoms with Gasteiger partial charge in [0.25, 0.3) is 0 Å². The maximum absolute atomic E-state index is 3.73. The number of benzene rings is 1. The lowest BCUT2D eigenvalue weighted by Crippen LogP contribution is -2.35.